The maximum atomic E-state index is 13.3. The van der Waals surface area contributed by atoms with Gasteiger partial charge in [0.1, 0.15) is 17.0 Å². The molecule has 2 unspecified atom stereocenters. The molecule has 1 aromatic carbocycles. The Hall–Kier alpha value is -5.88. The summed E-state index contributed by atoms with van der Waals surface area (Å²) in [6.07, 6.45) is 7.70. The van der Waals surface area contributed by atoms with Crippen molar-refractivity contribution in [3.63, 3.8) is 0 Å². The lowest BCUT2D eigenvalue weighted by molar-refractivity contribution is -0.384. The third-order valence-corrected chi connectivity index (χ3v) is 9.15. The first-order chi connectivity index (χ1) is 25.0. The molecule has 3 amide bonds. The van der Waals surface area contributed by atoms with Crippen LogP contribution in [0.5, 0.6) is 5.75 Å². The van der Waals surface area contributed by atoms with Crippen LogP contribution in [0.25, 0.3) is 11.2 Å². The summed E-state index contributed by atoms with van der Waals surface area (Å²) in [5.74, 6) is -1.61. The zero-order valence-corrected chi connectivity index (χ0v) is 28.9. The second kappa shape index (κ2) is 15.6. The maximum absolute atomic E-state index is 13.3. The molecule has 3 aromatic heterocycles. The fourth-order valence-electron chi connectivity index (χ4n) is 6.66. The highest BCUT2D eigenvalue weighted by molar-refractivity contribution is 6.03. The van der Waals surface area contributed by atoms with E-state index in [9.17, 15) is 24.5 Å². The number of nitrogens with one attached hydrogen (secondary N) is 2. The van der Waals surface area contributed by atoms with Crippen molar-refractivity contribution in [1.29, 1.82) is 0 Å². The van der Waals surface area contributed by atoms with Crippen LogP contribution in [0.4, 0.5) is 17.3 Å². The van der Waals surface area contributed by atoms with Crippen molar-refractivity contribution < 1.29 is 28.8 Å². The summed E-state index contributed by atoms with van der Waals surface area (Å²) in [4.78, 5) is 60.0. The van der Waals surface area contributed by atoms with Crippen molar-refractivity contribution in [3.05, 3.63) is 75.2 Å². The van der Waals surface area contributed by atoms with Gasteiger partial charge in [0.25, 0.3) is 11.6 Å². The minimum Gasteiger partial charge on any atom is -0.491 e. The van der Waals surface area contributed by atoms with Gasteiger partial charge in [-0.15, -0.1) is 0 Å². The number of anilines is 2. The van der Waals surface area contributed by atoms with Crippen LogP contribution >= 0.6 is 0 Å². The van der Waals surface area contributed by atoms with Gasteiger partial charge in [-0.3, -0.25) is 44.0 Å². The number of pyridine rings is 1. The molecule has 274 valence electrons. The molecule has 6 N–H and O–H groups in total. The van der Waals surface area contributed by atoms with Crippen molar-refractivity contribution in [2.45, 2.75) is 58.3 Å². The Balaban J connectivity index is 1.18. The highest BCUT2D eigenvalue weighted by atomic mass is 16.6. The first-order valence-corrected chi connectivity index (χ1v) is 17.0. The number of aromatic nitrogens is 5. The molecular weight excluding hydrogens is 674 g/mol. The average Bonchev–Trinajstić information content (AvgIpc) is 3.74. The van der Waals surface area contributed by atoms with Gasteiger partial charge in [0.05, 0.1) is 36.0 Å². The van der Waals surface area contributed by atoms with Gasteiger partial charge >= 0.3 is 0 Å². The predicted octanol–water partition coefficient (Wildman–Crippen LogP) is 2.61. The number of nitrogens with zero attached hydrogens (tertiary/aromatic N) is 7. The molecule has 0 saturated carbocycles. The van der Waals surface area contributed by atoms with E-state index in [-0.39, 0.29) is 53.9 Å². The summed E-state index contributed by atoms with van der Waals surface area (Å²) in [7, 11) is 0. The van der Waals surface area contributed by atoms with E-state index in [0.29, 0.717) is 47.6 Å². The number of rotatable bonds is 16. The number of carbonyl (C=O) groups is 3. The van der Waals surface area contributed by atoms with E-state index in [4.69, 9.17) is 20.9 Å². The largest absolute Gasteiger partial charge is 0.491 e. The molecule has 5 heterocycles. The standard InChI is InChI=1S/C34H41N11O7/c1-3-44-27(13-20(2)41-44)33(48)40-34-39-25-14-22(31(36)47)17-38-32(25)43(34)10-5-4-9-37-29-26(45(49)50)15-21(30(35)46)16-28(29)52-12-6-11-42-23-7-8-24(42)19-51-18-23/h4-5,13-17,23-24,37H,3,6-12,18-19H2,1-2H3,(H2,35,46)(H2,36,47)(H,39,40,48)/b5-4+. The Kier molecular flexibility index (Phi) is 10.8. The second-order valence-electron chi connectivity index (χ2n) is 12.6. The number of ether oxygens (including phenoxy) is 2. The molecule has 2 saturated heterocycles. The number of aryl methyl sites for hydroxylation is 2. The van der Waals surface area contributed by atoms with Gasteiger partial charge in [-0.25, -0.2) is 9.97 Å². The molecule has 0 spiro atoms. The molecule has 18 nitrogen and oxygen atoms in total. The molecule has 0 aliphatic carbocycles. The average molecular weight is 716 g/mol. The zero-order valence-electron chi connectivity index (χ0n) is 28.9. The zero-order chi connectivity index (χ0) is 36.9. The SMILES string of the molecule is CCn1nc(C)cc1C(=O)Nc1nc2cc(C(N)=O)cnc2n1C/C=C/CNc1c(OCCCN2C3CCC2COC3)cc(C(N)=O)cc1[N+](=O)[O-]. The molecule has 52 heavy (non-hydrogen) atoms. The van der Waals surface area contributed by atoms with E-state index in [1.54, 1.807) is 34.4 Å². The minimum atomic E-state index is -0.814. The third kappa shape index (κ3) is 7.71. The van der Waals surface area contributed by atoms with E-state index >= 15 is 0 Å². The van der Waals surface area contributed by atoms with Gasteiger partial charge in [-0.05, 0) is 51.3 Å². The number of amides is 3. The first kappa shape index (κ1) is 35.9. The number of hydrogen-bond donors (Lipinski definition) is 4. The van der Waals surface area contributed by atoms with Crippen molar-refractivity contribution in [2.75, 3.05) is 43.5 Å². The van der Waals surface area contributed by atoms with Gasteiger partial charge in [-0.2, -0.15) is 5.10 Å². The number of morpholine rings is 1. The van der Waals surface area contributed by atoms with Crippen LogP contribution in [-0.4, -0.2) is 96.9 Å². The van der Waals surface area contributed by atoms with Crippen LogP contribution in [0.1, 0.15) is 63.1 Å². The molecule has 4 aromatic rings. The van der Waals surface area contributed by atoms with E-state index in [2.05, 4.69) is 30.6 Å². The molecule has 2 fully saturated rings. The summed E-state index contributed by atoms with van der Waals surface area (Å²) < 4.78 is 14.9. The van der Waals surface area contributed by atoms with Crippen LogP contribution < -0.4 is 26.8 Å². The number of nitro benzene ring substituents is 1. The number of carbonyl (C=O) groups excluding carboxylic acids is 3. The smallest absolute Gasteiger partial charge is 0.296 e. The molecule has 2 atom stereocenters. The number of nitro groups is 1. The number of primary amides is 2. The Morgan fingerprint density at radius 2 is 1.85 bits per heavy atom. The highest BCUT2D eigenvalue weighted by Gasteiger charge is 2.36. The van der Waals surface area contributed by atoms with Crippen LogP contribution in [-0.2, 0) is 17.8 Å². The van der Waals surface area contributed by atoms with E-state index in [1.807, 2.05) is 6.92 Å². The van der Waals surface area contributed by atoms with Crippen molar-refractivity contribution >= 4 is 46.2 Å². The molecular formula is C34H41N11O7. The van der Waals surface area contributed by atoms with Gasteiger partial charge in [0.2, 0.25) is 17.8 Å². The van der Waals surface area contributed by atoms with Gasteiger partial charge in [0.15, 0.2) is 11.3 Å². The molecule has 6 rings (SSSR count). The van der Waals surface area contributed by atoms with Crippen LogP contribution in [0, 0.1) is 17.0 Å². The minimum absolute atomic E-state index is 0.0419. The number of imidazole rings is 1. The molecule has 2 bridgehead atoms. The Bertz CT molecular complexity index is 2020. The molecule has 2 aliphatic rings. The fraction of sp³-hybridized carbons (Fsp3) is 0.412. The topological polar surface area (TPSA) is 241 Å². The molecule has 18 heteroatoms. The Morgan fingerprint density at radius 1 is 1.10 bits per heavy atom. The van der Waals surface area contributed by atoms with Gasteiger partial charge in [0, 0.05) is 56.1 Å². The third-order valence-electron chi connectivity index (χ3n) is 9.15. The van der Waals surface area contributed by atoms with Crippen molar-refractivity contribution in [3.8, 4) is 5.75 Å². The number of benzene rings is 1. The number of allylic oxidation sites excluding steroid dienone is 1. The van der Waals surface area contributed by atoms with E-state index < -0.39 is 22.6 Å². The lowest BCUT2D eigenvalue weighted by Crippen LogP contribution is -2.46. The number of fused-ring (bicyclic) bond motifs is 3. The predicted molar refractivity (Wildman–Crippen MR) is 190 cm³/mol. The summed E-state index contributed by atoms with van der Waals surface area (Å²) in [6, 6.07) is 6.48. The van der Waals surface area contributed by atoms with Crippen LogP contribution in [0.2, 0.25) is 0 Å². The summed E-state index contributed by atoms with van der Waals surface area (Å²) in [6.45, 7) is 6.96. The van der Waals surface area contributed by atoms with E-state index in [0.717, 1.165) is 38.7 Å². The van der Waals surface area contributed by atoms with Crippen LogP contribution in [0.15, 0.2) is 42.6 Å². The monoisotopic (exact) mass is 715 g/mol. The Labute approximate surface area is 298 Å². The number of hydrogen-bond acceptors (Lipinski definition) is 12. The Morgan fingerprint density at radius 3 is 2.54 bits per heavy atom. The van der Waals surface area contributed by atoms with Crippen LogP contribution in [0.3, 0.4) is 0 Å². The van der Waals surface area contributed by atoms with Gasteiger partial charge in [-0.1, -0.05) is 12.2 Å². The second-order valence-corrected chi connectivity index (χ2v) is 12.6. The lowest BCUT2D eigenvalue weighted by atomic mass is 10.1. The van der Waals surface area contributed by atoms with Crippen molar-refractivity contribution in [1.82, 2.24) is 29.2 Å². The summed E-state index contributed by atoms with van der Waals surface area (Å²) in [5, 5.41) is 22.3. The summed E-state index contributed by atoms with van der Waals surface area (Å²) in [5.41, 5.74) is 12.6. The number of nitrogens with two attached hydrogens (primary N) is 2. The van der Waals surface area contributed by atoms with Crippen molar-refractivity contribution in [2.24, 2.45) is 11.5 Å². The first-order valence-electron chi connectivity index (χ1n) is 17.0. The molecule has 0 radical (unpaired) electrons. The quantitative estimate of drug-likeness (QED) is 0.0567. The highest BCUT2D eigenvalue weighted by Crippen LogP contribution is 2.36. The van der Waals surface area contributed by atoms with Gasteiger partial charge < -0.3 is 26.3 Å². The summed E-state index contributed by atoms with van der Waals surface area (Å²) >= 11 is 0. The van der Waals surface area contributed by atoms with E-state index in [1.165, 1.54) is 18.3 Å². The lowest BCUT2D eigenvalue weighted by Gasteiger charge is -2.34. The molecule has 2 aliphatic heterocycles. The maximum Gasteiger partial charge on any atom is 0.296 e. The fourth-order valence-corrected chi connectivity index (χ4v) is 6.66. The normalized spacial score (nSPS) is 17.1.